The van der Waals surface area contributed by atoms with Gasteiger partial charge in [-0.25, -0.2) is 9.59 Å². The van der Waals surface area contributed by atoms with Crippen molar-refractivity contribution >= 4 is 45.8 Å². The van der Waals surface area contributed by atoms with Gasteiger partial charge < -0.3 is 29.2 Å². The molecule has 2 amide bonds. The van der Waals surface area contributed by atoms with Crippen LogP contribution in [0.4, 0.5) is 21.9 Å². The Balaban J connectivity index is 1.64. The highest BCUT2D eigenvalue weighted by Gasteiger charge is 2.21. The zero-order chi connectivity index (χ0) is 26.6. The number of hydrogen-bond acceptors (Lipinski definition) is 7. The highest BCUT2D eigenvalue weighted by Crippen LogP contribution is 2.40. The summed E-state index contributed by atoms with van der Waals surface area (Å²) >= 11 is 1.45. The first-order valence-electron chi connectivity index (χ1n) is 11.6. The van der Waals surface area contributed by atoms with E-state index in [1.54, 1.807) is 25.3 Å². The van der Waals surface area contributed by atoms with Gasteiger partial charge in [-0.15, -0.1) is 0 Å². The summed E-state index contributed by atoms with van der Waals surface area (Å²) < 4.78 is 19.6. The van der Waals surface area contributed by atoms with Gasteiger partial charge >= 0.3 is 11.7 Å². The maximum Gasteiger partial charge on any atom is 0.339 e. The third kappa shape index (κ3) is 6.00. The van der Waals surface area contributed by atoms with Gasteiger partial charge in [-0.3, -0.25) is 0 Å². The molecule has 0 aliphatic heterocycles. The number of amides is 2. The van der Waals surface area contributed by atoms with E-state index in [4.69, 9.17) is 13.9 Å². The summed E-state index contributed by atoms with van der Waals surface area (Å²) in [6.45, 7) is 6.33. The Kier molecular flexibility index (Phi) is 7.63. The number of rotatable bonds is 7. The van der Waals surface area contributed by atoms with Gasteiger partial charge in [0.05, 0.1) is 36.5 Å². The summed E-state index contributed by atoms with van der Waals surface area (Å²) in [4.78, 5) is 24.7. The molecule has 0 spiro atoms. The van der Waals surface area contributed by atoms with E-state index >= 15 is 0 Å². The van der Waals surface area contributed by atoms with Gasteiger partial charge in [-0.05, 0) is 35.2 Å². The van der Waals surface area contributed by atoms with Crippen LogP contribution in [0, 0.1) is 0 Å². The lowest BCUT2D eigenvalue weighted by Gasteiger charge is -2.24. The van der Waals surface area contributed by atoms with E-state index in [1.807, 2.05) is 42.7 Å². The number of anilines is 3. The fraction of sp³-hybridized carbons (Fsp3) is 0.214. The number of hydrogen-bond donors (Lipinski definition) is 3. The zero-order valence-electron chi connectivity index (χ0n) is 21.3. The fourth-order valence-electron chi connectivity index (χ4n) is 3.86. The van der Waals surface area contributed by atoms with Crippen molar-refractivity contribution in [3.8, 4) is 17.2 Å². The van der Waals surface area contributed by atoms with Crippen LogP contribution < -0.4 is 30.5 Å². The predicted octanol–water partition coefficient (Wildman–Crippen LogP) is 7.23. The number of methoxy groups -OCH3 is 1. The smallest absolute Gasteiger partial charge is 0.339 e. The van der Waals surface area contributed by atoms with Crippen molar-refractivity contribution in [2.24, 2.45) is 0 Å². The van der Waals surface area contributed by atoms with Crippen molar-refractivity contribution in [1.29, 1.82) is 0 Å². The van der Waals surface area contributed by atoms with Gasteiger partial charge in [-0.1, -0.05) is 57.0 Å². The van der Waals surface area contributed by atoms with Crippen LogP contribution in [-0.2, 0) is 5.41 Å². The third-order valence-electron chi connectivity index (χ3n) is 5.66. The molecule has 4 rings (SSSR count). The molecule has 0 bridgehead atoms. The van der Waals surface area contributed by atoms with Crippen LogP contribution in [0.15, 0.2) is 76.1 Å². The maximum absolute atomic E-state index is 13.2. The second-order valence-electron chi connectivity index (χ2n) is 9.29. The van der Waals surface area contributed by atoms with Crippen molar-refractivity contribution in [3.63, 3.8) is 0 Å². The molecule has 8 nitrogen and oxygen atoms in total. The Morgan fingerprint density at radius 3 is 2.30 bits per heavy atom. The van der Waals surface area contributed by atoms with E-state index in [-0.39, 0.29) is 5.41 Å². The van der Waals surface area contributed by atoms with Crippen LogP contribution in [0.3, 0.4) is 0 Å². The number of carbonyl (C=O) groups excluding carboxylic acids is 1. The van der Waals surface area contributed by atoms with Crippen molar-refractivity contribution in [3.05, 3.63) is 82.9 Å². The molecule has 192 valence electrons. The van der Waals surface area contributed by atoms with Gasteiger partial charge in [0, 0.05) is 23.1 Å². The van der Waals surface area contributed by atoms with Crippen LogP contribution in [-0.4, -0.2) is 19.4 Å². The molecular formula is C28H29N3O5S. The first-order chi connectivity index (χ1) is 17.7. The van der Waals surface area contributed by atoms with E-state index in [1.165, 1.54) is 24.3 Å². The number of ether oxygens (including phenoxy) is 2. The van der Waals surface area contributed by atoms with E-state index in [0.29, 0.717) is 28.6 Å². The first-order valence-corrected chi connectivity index (χ1v) is 12.8. The summed E-state index contributed by atoms with van der Waals surface area (Å²) in [5.41, 5.74) is 2.33. The normalized spacial score (nSPS) is 11.2. The summed E-state index contributed by atoms with van der Waals surface area (Å²) in [6.07, 6.45) is 3.21. The second kappa shape index (κ2) is 10.9. The molecule has 0 radical (unpaired) electrons. The average molecular weight is 520 g/mol. The minimum Gasteiger partial charge on any atom is -0.492 e. The standard InChI is InChI=1S/C28H29N3O5S/c1-28(2,3)17-14-22(26(34-4)23(15-17)31-37-5)30-27(33)29-21-10-11-24(20-9-7-6-8-19(20)21)36-18-12-13-35-25(32)16-18/h6-16,31H,1-5H3,(H2,29,30,33). The van der Waals surface area contributed by atoms with Crippen molar-refractivity contribution in [1.82, 2.24) is 0 Å². The first kappa shape index (κ1) is 26.0. The van der Waals surface area contributed by atoms with Crippen LogP contribution in [0.1, 0.15) is 26.3 Å². The van der Waals surface area contributed by atoms with Gasteiger partial charge in [0.15, 0.2) is 5.75 Å². The molecule has 1 heterocycles. The Morgan fingerprint density at radius 2 is 1.62 bits per heavy atom. The third-order valence-corrected chi connectivity index (χ3v) is 6.08. The molecule has 0 aliphatic carbocycles. The lowest BCUT2D eigenvalue weighted by Crippen LogP contribution is -2.21. The largest absolute Gasteiger partial charge is 0.492 e. The van der Waals surface area contributed by atoms with E-state index in [2.05, 4.69) is 36.1 Å². The Labute approximate surface area is 219 Å². The number of urea groups is 1. The summed E-state index contributed by atoms with van der Waals surface area (Å²) in [7, 11) is 1.57. The maximum atomic E-state index is 13.2. The molecule has 0 fully saturated rings. The molecule has 3 N–H and O–H groups in total. The quantitative estimate of drug-likeness (QED) is 0.221. The zero-order valence-corrected chi connectivity index (χ0v) is 22.1. The Bertz CT molecular complexity index is 1490. The van der Waals surface area contributed by atoms with Gasteiger partial charge in [-0.2, -0.15) is 0 Å². The van der Waals surface area contributed by atoms with Gasteiger partial charge in [0.2, 0.25) is 0 Å². The number of nitrogens with one attached hydrogen (secondary N) is 3. The minimum atomic E-state index is -0.501. The fourth-order valence-corrected chi connectivity index (χ4v) is 4.23. The summed E-state index contributed by atoms with van der Waals surface area (Å²) in [6, 6.07) is 17.4. The molecular weight excluding hydrogens is 490 g/mol. The number of carbonyl (C=O) groups is 1. The number of benzene rings is 3. The summed E-state index contributed by atoms with van der Waals surface area (Å²) in [5, 5.41) is 7.44. The van der Waals surface area contributed by atoms with Crippen molar-refractivity contribution in [2.45, 2.75) is 26.2 Å². The number of fused-ring (bicyclic) bond motifs is 1. The monoisotopic (exact) mass is 519 g/mol. The van der Waals surface area contributed by atoms with Crippen LogP contribution >= 0.6 is 11.9 Å². The van der Waals surface area contributed by atoms with Gasteiger partial charge in [0.25, 0.3) is 0 Å². The molecule has 9 heteroatoms. The molecule has 37 heavy (non-hydrogen) atoms. The lowest BCUT2D eigenvalue weighted by molar-refractivity contribution is 0.262. The SMILES string of the molecule is COc1c(NSC)cc(C(C)(C)C)cc1NC(=O)Nc1ccc(Oc2ccoc(=O)c2)c2ccccc12. The van der Waals surface area contributed by atoms with Crippen molar-refractivity contribution < 1.29 is 18.7 Å². The second-order valence-corrected chi connectivity index (χ2v) is 9.90. The minimum absolute atomic E-state index is 0.139. The van der Waals surface area contributed by atoms with Crippen LogP contribution in [0.5, 0.6) is 17.2 Å². The molecule has 0 atom stereocenters. The van der Waals surface area contributed by atoms with E-state index < -0.39 is 11.7 Å². The molecule has 3 aromatic carbocycles. The lowest BCUT2D eigenvalue weighted by atomic mass is 9.86. The van der Waals surface area contributed by atoms with Crippen LogP contribution in [0.25, 0.3) is 10.8 Å². The molecule has 0 saturated carbocycles. The summed E-state index contributed by atoms with van der Waals surface area (Å²) in [5.74, 6) is 1.44. The molecule has 0 saturated heterocycles. The van der Waals surface area contributed by atoms with E-state index in [9.17, 15) is 9.59 Å². The van der Waals surface area contributed by atoms with Crippen LogP contribution in [0.2, 0.25) is 0 Å². The van der Waals surface area contributed by atoms with Gasteiger partial charge in [0.1, 0.15) is 11.5 Å². The average Bonchev–Trinajstić information content (AvgIpc) is 2.85. The molecule has 0 unspecified atom stereocenters. The highest BCUT2D eigenvalue weighted by atomic mass is 32.2. The molecule has 1 aromatic heterocycles. The highest BCUT2D eigenvalue weighted by molar-refractivity contribution is 7.99. The Hall–Kier alpha value is -4.11. The topological polar surface area (TPSA) is 102 Å². The molecule has 4 aromatic rings. The Morgan fingerprint density at radius 1 is 0.919 bits per heavy atom. The van der Waals surface area contributed by atoms with Crippen molar-refractivity contribution in [2.75, 3.05) is 28.7 Å². The molecule has 0 aliphatic rings. The predicted molar refractivity (Wildman–Crippen MR) is 150 cm³/mol. The van der Waals surface area contributed by atoms with E-state index in [0.717, 1.165) is 22.0 Å².